The van der Waals surface area contributed by atoms with Crippen molar-refractivity contribution in [3.63, 3.8) is 0 Å². The van der Waals surface area contributed by atoms with Crippen LogP contribution in [0.15, 0.2) is 54.6 Å². The van der Waals surface area contributed by atoms with Crippen LogP contribution in [0.2, 0.25) is 0 Å². The molecule has 5 nitrogen and oxygen atoms in total. The maximum absolute atomic E-state index is 13.1. The highest BCUT2D eigenvalue weighted by Gasteiger charge is 2.32. The number of hydrogen-bond acceptors (Lipinski definition) is 3. The Morgan fingerprint density at radius 2 is 1.76 bits per heavy atom. The summed E-state index contributed by atoms with van der Waals surface area (Å²) in [5.74, 6) is 0.551. The molecule has 0 bridgehead atoms. The summed E-state index contributed by atoms with van der Waals surface area (Å²) in [4.78, 5) is 30.6. The molecule has 2 aliphatic heterocycles. The maximum Gasteiger partial charge on any atom is 0.325 e. The molecule has 3 amide bonds. The number of carbonyl (C=O) groups is 2. The van der Waals surface area contributed by atoms with Crippen molar-refractivity contribution in [2.45, 2.75) is 11.7 Å². The Bertz CT molecular complexity index is 862. The molecule has 0 spiro atoms. The van der Waals surface area contributed by atoms with Gasteiger partial charge in [0.1, 0.15) is 12.4 Å². The molecule has 0 saturated carbocycles. The third kappa shape index (κ3) is 4.56. The van der Waals surface area contributed by atoms with Gasteiger partial charge in [0.25, 0.3) is 0 Å². The first-order chi connectivity index (χ1) is 14.1. The van der Waals surface area contributed by atoms with Crippen LogP contribution in [0.3, 0.4) is 0 Å². The Balaban J connectivity index is 1.33. The summed E-state index contributed by atoms with van der Waals surface area (Å²) in [6.45, 7) is 2.50. The minimum absolute atomic E-state index is 0.00591. The highest BCUT2D eigenvalue weighted by Crippen LogP contribution is 2.34. The first-order valence-corrected chi connectivity index (χ1v) is 10.9. The Hall–Kier alpha value is -2.54. The van der Waals surface area contributed by atoms with E-state index in [9.17, 15) is 14.0 Å². The van der Waals surface area contributed by atoms with Crippen molar-refractivity contribution in [3.8, 4) is 0 Å². The molecule has 1 unspecified atom stereocenters. The summed E-state index contributed by atoms with van der Waals surface area (Å²) in [7, 11) is 0. The quantitative estimate of drug-likeness (QED) is 0.766. The van der Waals surface area contributed by atoms with Gasteiger partial charge in [-0.25, -0.2) is 9.18 Å². The molecular weight excluding hydrogens is 389 g/mol. The van der Waals surface area contributed by atoms with Crippen LogP contribution in [0, 0.1) is 5.82 Å². The fourth-order valence-electron chi connectivity index (χ4n) is 3.81. The largest absolute Gasteiger partial charge is 0.340 e. The standard InChI is InChI=1S/C22H24FN3O2S/c23-18-6-8-19(9-7-18)26-13-12-25(22(26)28)16-21(27)24-11-10-20(29-15-14-24)17-4-2-1-3-5-17/h1-9,20H,10-16H2. The van der Waals surface area contributed by atoms with Gasteiger partial charge < -0.3 is 9.80 Å². The van der Waals surface area contributed by atoms with E-state index in [-0.39, 0.29) is 24.3 Å². The number of thioether (sulfide) groups is 1. The van der Waals surface area contributed by atoms with E-state index in [1.165, 1.54) is 17.7 Å². The minimum Gasteiger partial charge on any atom is -0.340 e. The molecule has 2 aromatic rings. The van der Waals surface area contributed by atoms with Gasteiger partial charge in [-0.15, -0.1) is 0 Å². The smallest absolute Gasteiger partial charge is 0.325 e. The lowest BCUT2D eigenvalue weighted by Crippen LogP contribution is -2.43. The Labute approximate surface area is 174 Å². The summed E-state index contributed by atoms with van der Waals surface area (Å²) in [6.07, 6.45) is 0.913. The van der Waals surface area contributed by atoms with Crippen molar-refractivity contribution in [1.82, 2.24) is 9.80 Å². The fourth-order valence-corrected chi connectivity index (χ4v) is 5.04. The third-order valence-corrected chi connectivity index (χ3v) is 6.75. The van der Waals surface area contributed by atoms with Gasteiger partial charge >= 0.3 is 6.03 Å². The highest BCUT2D eigenvalue weighted by atomic mass is 32.2. The second kappa shape index (κ2) is 8.86. The van der Waals surface area contributed by atoms with Crippen LogP contribution in [0.1, 0.15) is 17.2 Å². The van der Waals surface area contributed by atoms with Gasteiger partial charge in [-0.1, -0.05) is 30.3 Å². The zero-order chi connectivity index (χ0) is 20.2. The molecule has 2 heterocycles. The summed E-state index contributed by atoms with van der Waals surface area (Å²) in [5.41, 5.74) is 1.96. The zero-order valence-electron chi connectivity index (χ0n) is 16.2. The van der Waals surface area contributed by atoms with Gasteiger partial charge in [0.05, 0.1) is 0 Å². The number of hydrogen-bond donors (Lipinski definition) is 0. The molecule has 4 rings (SSSR count). The topological polar surface area (TPSA) is 43.9 Å². The Morgan fingerprint density at radius 3 is 2.52 bits per heavy atom. The molecule has 1 atom stereocenters. The lowest BCUT2D eigenvalue weighted by Gasteiger charge is -2.24. The molecule has 7 heteroatoms. The Kier molecular flexibility index (Phi) is 6.04. The van der Waals surface area contributed by atoms with Gasteiger partial charge in [0.2, 0.25) is 5.91 Å². The van der Waals surface area contributed by atoms with E-state index in [0.29, 0.717) is 37.1 Å². The predicted octanol–water partition coefficient (Wildman–Crippen LogP) is 3.77. The molecule has 0 aromatic heterocycles. The fraction of sp³-hybridized carbons (Fsp3) is 0.364. The normalized spacial score (nSPS) is 20.1. The number of nitrogens with zero attached hydrogens (tertiary/aromatic N) is 3. The van der Waals surface area contributed by atoms with Gasteiger partial charge in [-0.3, -0.25) is 9.69 Å². The monoisotopic (exact) mass is 413 g/mol. The average molecular weight is 414 g/mol. The van der Waals surface area contributed by atoms with E-state index in [1.807, 2.05) is 22.7 Å². The molecule has 2 aromatic carbocycles. The van der Waals surface area contributed by atoms with Crippen molar-refractivity contribution < 1.29 is 14.0 Å². The van der Waals surface area contributed by atoms with Crippen molar-refractivity contribution in [2.24, 2.45) is 0 Å². The van der Waals surface area contributed by atoms with Crippen LogP contribution in [0.4, 0.5) is 14.9 Å². The first-order valence-electron chi connectivity index (χ1n) is 9.88. The zero-order valence-corrected chi connectivity index (χ0v) is 17.0. The molecule has 2 saturated heterocycles. The number of amides is 3. The van der Waals surface area contributed by atoms with Crippen LogP contribution >= 0.6 is 11.8 Å². The van der Waals surface area contributed by atoms with E-state index in [0.717, 1.165) is 12.2 Å². The number of benzene rings is 2. The van der Waals surface area contributed by atoms with E-state index in [1.54, 1.807) is 21.9 Å². The number of urea groups is 1. The van der Waals surface area contributed by atoms with Crippen molar-refractivity contribution in [2.75, 3.05) is 43.4 Å². The van der Waals surface area contributed by atoms with Gasteiger partial charge in [-0.05, 0) is 36.2 Å². The average Bonchev–Trinajstić information content (AvgIpc) is 2.95. The lowest BCUT2D eigenvalue weighted by molar-refractivity contribution is -0.131. The highest BCUT2D eigenvalue weighted by molar-refractivity contribution is 7.99. The van der Waals surface area contributed by atoms with E-state index < -0.39 is 0 Å². The van der Waals surface area contributed by atoms with Gasteiger partial charge in [0, 0.05) is 42.9 Å². The number of anilines is 1. The summed E-state index contributed by atoms with van der Waals surface area (Å²) >= 11 is 1.89. The maximum atomic E-state index is 13.1. The van der Waals surface area contributed by atoms with E-state index >= 15 is 0 Å². The number of rotatable bonds is 4. The number of carbonyl (C=O) groups excluding carboxylic acids is 2. The van der Waals surface area contributed by atoms with Crippen LogP contribution < -0.4 is 4.90 Å². The van der Waals surface area contributed by atoms with Crippen LogP contribution in [-0.2, 0) is 4.79 Å². The molecule has 0 aliphatic carbocycles. The van der Waals surface area contributed by atoms with Crippen LogP contribution in [-0.4, -0.2) is 60.2 Å². The van der Waals surface area contributed by atoms with Crippen LogP contribution in [0.25, 0.3) is 0 Å². The predicted molar refractivity (Wildman–Crippen MR) is 114 cm³/mol. The van der Waals surface area contributed by atoms with Crippen molar-refractivity contribution in [1.29, 1.82) is 0 Å². The summed E-state index contributed by atoms with van der Waals surface area (Å²) in [6, 6.07) is 16.1. The molecule has 0 radical (unpaired) electrons. The molecule has 0 N–H and O–H groups in total. The Morgan fingerprint density at radius 1 is 1.00 bits per heavy atom. The molecule has 29 heavy (non-hydrogen) atoms. The van der Waals surface area contributed by atoms with Crippen LogP contribution in [0.5, 0.6) is 0 Å². The van der Waals surface area contributed by atoms with E-state index in [2.05, 4.69) is 24.3 Å². The molecule has 2 aliphatic rings. The summed E-state index contributed by atoms with van der Waals surface area (Å²) in [5, 5.41) is 0.399. The molecular formula is C22H24FN3O2S. The van der Waals surface area contributed by atoms with Gasteiger partial charge in [-0.2, -0.15) is 11.8 Å². The number of halogens is 1. The third-order valence-electron chi connectivity index (χ3n) is 5.42. The summed E-state index contributed by atoms with van der Waals surface area (Å²) < 4.78 is 13.1. The SMILES string of the molecule is O=C(CN1CCN(c2ccc(F)cc2)C1=O)N1CCSC(c2ccccc2)CC1. The second-order valence-corrected chi connectivity index (χ2v) is 8.58. The minimum atomic E-state index is -0.333. The molecule has 152 valence electrons. The first kappa shape index (κ1) is 19.8. The lowest BCUT2D eigenvalue weighted by atomic mass is 10.1. The molecule has 2 fully saturated rings. The van der Waals surface area contributed by atoms with E-state index in [4.69, 9.17) is 0 Å². The van der Waals surface area contributed by atoms with Gasteiger partial charge in [0.15, 0.2) is 0 Å². The van der Waals surface area contributed by atoms with Crippen molar-refractivity contribution >= 4 is 29.4 Å². The van der Waals surface area contributed by atoms with Crippen molar-refractivity contribution in [3.05, 3.63) is 66.0 Å². The second-order valence-electron chi connectivity index (χ2n) is 7.27.